The molecule has 0 saturated carbocycles. The van der Waals surface area contributed by atoms with Crippen LogP contribution >= 0.6 is 0 Å². The SMILES string of the molecule is CCN(CC(O)c1cccc(O)c1)C(=O)Nc1cccc(C(F)(F)F)c1. The lowest BCUT2D eigenvalue weighted by molar-refractivity contribution is -0.137. The molecule has 0 fully saturated rings. The normalized spacial score (nSPS) is 12.5. The number of alkyl halides is 3. The number of rotatable bonds is 5. The summed E-state index contributed by atoms with van der Waals surface area (Å²) in [5, 5.41) is 22.1. The Balaban J connectivity index is 2.07. The highest BCUT2D eigenvalue weighted by atomic mass is 19.4. The molecule has 0 bridgehead atoms. The predicted molar refractivity (Wildman–Crippen MR) is 90.8 cm³/mol. The number of phenols is 1. The van der Waals surface area contributed by atoms with E-state index in [9.17, 15) is 28.2 Å². The molecule has 1 unspecified atom stereocenters. The second kappa shape index (κ2) is 8.09. The van der Waals surface area contributed by atoms with E-state index in [1.165, 1.54) is 29.2 Å². The number of phenolic OH excluding ortho intramolecular Hbond substituents is 1. The fourth-order valence-corrected chi connectivity index (χ4v) is 2.38. The van der Waals surface area contributed by atoms with Gasteiger partial charge < -0.3 is 20.4 Å². The van der Waals surface area contributed by atoms with Crippen LogP contribution in [0.4, 0.5) is 23.7 Å². The number of aromatic hydroxyl groups is 1. The Morgan fingerprint density at radius 3 is 2.50 bits per heavy atom. The molecule has 0 heterocycles. The third-order valence-corrected chi connectivity index (χ3v) is 3.76. The molecule has 2 amide bonds. The van der Waals surface area contributed by atoms with Gasteiger partial charge >= 0.3 is 12.2 Å². The number of hydrogen-bond acceptors (Lipinski definition) is 3. The predicted octanol–water partition coefficient (Wildman–Crippen LogP) is 4.00. The van der Waals surface area contributed by atoms with Crippen molar-refractivity contribution in [2.24, 2.45) is 0 Å². The van der Waals surface area contributed by atoms with Crippen molar-refractivity contribution in [3.8, 4) is 5.75 Å². The van der Waals surface area contributed by atoms with Gasteiger partial charge in [0, 0.05) is 12.2 Å². The minimum atomic E-state index is -4.50. The van der Waals surface area contributed by atoms with Crippen molar-refractivity contribution in [1.82, 2.24) is 4.90 Å². The molecular weight excluding hydrogens is 349 g/mol. The summed E-state index contributed by atoms with van der Waals surface area (Å²) in [4.78, 5) is 13.6. The number of likely N-dealkylation sites (N-methyl/N-ethyl adjacent to an activating group) is 1. The fourth-order valence-electron chi connectivity index (χ4n) is 2.38. The van der Waals surface area contributed by atoms with Crippen molar-refractivity contribution >= 4 is 11.7 Å². The van der Waals surface area contributed by atoms with Crippen LogP contribution in [0.2, 0.25) is 0 Å². The summed E-state index contributed by atoms with van der Waals surface area (Å²) in [6, 6.07) is 9.68. The number of nitrogens with zero attached hydrogens (tertiary/aromatic N) is 1. The van der Waals surface area contributed by atoms with E-state index in [4.69, 9.17) is 0 Å². The quantitative estimate of drug-likeness (QED) is 0.747. The number of amides is 2. The smallest absolute Gasteiger partial charge is 0.416 e. The summed E-state index contributed by atoms with van der Waals surface area (Å²) in [7, 11) is 0. The zero-order valence-electron chi connectivity index (χ0n) is 14.0. The first kappa shape index (κ1) is 19.6. The summed E-state index contributed by atoms with van der Waals surface area (Å²) >= 11 is 0. The Bertz CT molecular complexity index is 765. The molecule has 5 nitrogen and oxygen atoms in total. The zero-order chi connectivity index (χ0) is 19.3. The van der Waals surface area contributed by atoms with Crippen molar-refractivity contribution in [1.29, 1.82) is 0 Å². The van der Waals surface area contributed by atoms with Gasteiger partial charge in [-0.25, -0.2) is 4.79 Å². The highest BCUT2D eigenvalue weighted by Gasteiger charge is 2.30. The third kappa shape index (κ3) is 5.13. The van der Waals surface area contributed by atoms with Crippen LogP contribution in [0.5, 0.6) is 5.75 Å². The van der Waals surface area contributed by atoms with Crippen molar-refractivity contribution < 1.29 is 28.2 Å². The first-order valence-electron chi connectivity index (χ1n) is 7.91. The van der Waals surface area contributed by atoms with Gasteiger partial charge in [0.15, 0.2) is 0 Å². The fraction of sp³-hybridized carbons (Fsp3) is 0.278. The lowest BCUT2D eigenvalue weighted by Gasteiger charge is -2.24. The van der Waals surface area contributed by atoms with Crippen molar-refractivity contribution in [3.63, 3.8) is 0 Å². The molecule has 2 aromatic rings. The molecule has 1 atom stereocenters. The molecule has 0 radical (unpaired) electrons. The third-order valence-electron chi connectivity index (χ3n) is 3.76. The first-order chi connectivity index (χ1) is 12.2. The Hall–Kier alpha value is -2.74. The Morgan fingerprint density at radius 2 is 1.88 bits per heavy atom. The van der Waals surface area contributed by atoms with Crippen LogP contribution < -0.4 is 5.32 Å². The van der Waals surface area contributed by atoms with Crippen LogP contribution in [0.3, 0.4) is 0 Å². The lowest BCUT2D eigenvalue weighted by Crippen LogP contribution is -2.37. The van der Waals surface area contributed by atoms with Crippen LogP contribution in [0, 0.1) is 0 Å². The molecule has 140 valence electrons. The van der Waals surface area contributed by atoms with Crippen LogP contribution in [0.1, 0.15) is 24.2 Å². The maximum atomic E-state index is 12.7. The maximum Gasteiger partial charge on any atom is 0.416 e. The van der Waals surface area contributed by atoms with Crippen LogP contribution in [-0.2, 0) is 6.18 Å². The van der Waals surface area contributed by atoms with Gasteiger partial charge in [-0.2, -0.15) is 13.2 Å². The monoisotopic (exact) mass is 368 g/mol. The number of aliphatic hydroxyl groups excluding tert-OH is 1. The molecule has 8 heteroatoms. The molecule has 2 rings (SSSR count). The van der Waals surface area contributed by atoms with Crippen molar-refractivity contribution in [2.45, 2.75) is 19.2 Å². The summed E-state index contributed by atoms with van der Waals surface area (Å²) in [6.45, 7) is 1.84. The topological polar surface area (TPSA) is 72.8 Å². The van der Waals surface area contributed by atoms with Gasteiger partial charge in [-0.15, -0.1) is 0 Å². The molecule has 0 spiro atoms. The minimum absolute atomic E-state index is 0.00937. The highest BCUT2D eigenvalue weighted by molar-refractivity contribution is 5.89. The summed E-state index contributed by atoms with van der Waals surface area (Å²) in [5.74, 6) is -0.0157. The molecule has 0 aromatic heterocycles. The van der Waals surface area contributed by atoms with Gasteiger partial charge in [-0.05, 0) is 42.8 Å². The van der Waals surface area contributed by atoms with E-state index in [0.717, 1.165) is 12.1 Å². The van der Waals surface area contributed by atoms with Crippen LogP contribution in [-0.4, -0.2) is 34.2 Å². The Morgan fingerprint density at radius 1 is 1.19 bits per heavy atom. The van der Waals surface area contributed by atoms with E-state index in [1.54, 1.807) is 19.1 Å². The molecule has 26 heavy (non-hydrogen) atoms. The molecular formula is C18H19F3N2O3. The Labute approximate surface area is 148 Å². The van der Waals surface area contributed by atoms with Crippen LogP contribution in [0.15, 0.2) is 48.5 Å². The van der Waals surface area contributed by atoms with E-state index in [-0.39, 0.29) is 24.5 Å². The van der Waals surface area contributed by atoms with E-state index < -0.39 is 23.9 Å². The minimum Gasteiger partial charge on any atom is -0.508 e. The number of nitrogens with one attached hydrogen (secondary N) is 1. The van der Waals surface area contributed by atoms with Gasteiger partial charge in [0.2, 0.25) is 0 Å². The average Bonchev–Trinajstić information content (AvgIpc) is 2.58. The number of urea groups is 1. The molecule has 0 saturated heterocycles. The van der Waals surface area contributed by atoms with E-state index in [2.05, 4.69) is 5.32 Å². The van der Waals surface area contributed by atoms with E-state index >= 15 is 0 Å². The number of halogens is 3. The molecule has 0 aliphatic heterocycles. The summed E-state index contributed by atoms with van der Waals surface area (Å²) < 4.78 is 38.2. The molecule has 3 N–H and O–H groups in total. The highest BCUT2D eigenvalue weighted by Crippen LogP contribution is 2.30. The second-order valence-electron chi connectivity index (χ2n) is 5.66. The number of aliphatic hydroxyl groups is 1. The van der Waals surface area contributed by atoms with Gasteiger partial charge in [0.1, 0.15) is 5.75 Å². The Kier molecular flexibility index (Phi) is 6.10. The van der Waals surface area contributed by atoms with E-state index in [1.807, 2.05) is 0 Å². The molecule has 2 aromatic carbocycles. The number of benzene rings is 2. The molecule has 0 aliphatic rings. The van der Waals surface area contributed by atoms with Gasteiger partial charge in [-0.3, -0.25) is 0 Å². The van der Waals surface area contributed by atoms with Gasteiger partial charge in [-0.1, -0.05) is 18.2 Å². The average molecular weight is 368 g/mol. The van der Waals surface area contributed by atoms with Gasteiger partial charge in [0.25, 0.3) is 0 Å². The number of carbonyl (C=O) groups is 1. The largest absolute Gasteiger partial charge is 0.508 e. The standard InChI is InChI=1S/C18H19F3N2O3/c1-2-23(11-16(25)12-5-3-8-15(24)9-12)17(26)22-14-7-4-6-13(10-14)18(19,20)21/h3-10,16,24-25H,2,11H2,1H3,(H,22,26). The molecule has 0 aliphatic carbocycles. The zero-order valence-corrected chi connectivity index (χ0v) is 14.0. The van der Waals surface area contributed by atoms with Crippen molar-refractivity contribution in [3.05, 3.63) is 59.7 Å². The van der Waals surface area contributed by atoms with E-state index in [0.29, 0.717) is 5.56 Å². The number of anilines is 1. The first-order valence-corrected chi connectivity index (χ1v) is 7.91. The maximum absolute atomic E-state index is 12.7. The number of hydrogen-bond donors (Lipinski definition) is 3. The number of carbonyl (C=O) groups excluding carboxylic acids is 1. The summed E-state index contributed by atoms with van der Waals surface area (Å²) in [5.41, 5.74) is -0.427. The summed E-state index contributed by atoms with van der Waals surface area (Å²) in [6.07, 6.45) is -5.55. The lowest BCUT2D eigenvalue weighted by atomic mass is 10.1. The van der Waals surface area contributed by atoms with Gasteiger partial charge in [0.05, 0.1) is 18.2 Å². The second-order valence-corrected chi connectivity index (χ2v) is 5.66. The van der Waals surface area contributed by atoms with Crippen molar-refractivity contribution in [2.75, 3.05) is 18.4 Å². The van der Waals surface area contributed by atoms with Crippen LogP contribution in [0.25, 0.3) is 0 Å².